The van der Waals surface area contributed by atoms with Crippen LogP contribution < -0.4 is 5.73 Å². The van der Waals surface area contributed by atoms with E-state index in [-0.39, 0.29) is 6.04 Å². The summed E-state index contributed by atoms with van der Waals surface area (Å²) in [6.07, 6.45) is 0. The molecule has 0 aromatic carbocycles. The van der Waals surface area contributed by atoms with Gasteiger partial charge in [-0.05, 0) is 20.8 Å². The molecule has 1 atom stereocenters. The van der Waals surface area contributed by atoms with Gasteiger partial charge in [0.15, 0.2) is 0 Å². The van der Waals surface area contributed by atoms with Gasteiger partial charge in [-0.3, -0.25) is 4.68 Å². The van der Waals surface area contributed by atoms with E-state index in [2.05, 4.69) is 11.2 Å². The van der Waals surface area contributed by atoms with Crippen molar-refractivity contribution in [3.63, 3.8) is 0 Å². The minimum absolute atomic E-state index is 0.249. The lowest BCUT2D eigenvalue weighted by atomic mass is 10.3. The highest BCUT2D eigenvalue weighted by Gasteiger charge is 2.11. The van der Waals surface area contributed by atoms with Crippen LogP contribution in [0.4, 0.5) is 5.69 Å². The molecule has 0 radical (unpaired) electrons. The Hall–Kier alpha value is -1.50. The zero-order chi connectivity index (χ0) is 9.30. The molecule has 0 aliphatic heterocycles. The van der Waals surface area contributed by atoms with E-state index in [9.17, 15) is 0 Å². The fourth-order valence-corrected chi connectivity index (χ4v) is 1.11. The molecule has 1 aromatic rings. The van der Waals surface area contributed by atoms with Gasteiger partial charge < -0.3 is 5.73 Å². The third-order valence-electron chi connectivity index (χ3n) is 1.93. The highest BCUT2D eigenvalue weighted by molar-refractivity contribution is 5.47. The normalized spacial score (nSPS) is 12.5. The molecular formula is C8H12N4. The minimum atomic E-state index is -0.249. The number of nitrogens with two attached hydrogens (primary N) is 1. The molecule has 4 nitrogen and oxygen atoms in total. The van der Waals surface area contributed by atoms with Crippen molar-refractivity contribution in [2.24, 2.45) is 0 Å². The van der Waals surface area contributed by atoms with Gasteiger partial charge in [0.1, 0.15) is 6.04 Å². The van der Waals surface area contributed by atoms with E-state index < -0.39 is 0 Å². The van der Waals surface area contributed by atoms with Crippen LogP contribution >= 0.6 is 0 Å². The number of hydrogen-bond donors (Lipinski definition) is 1. The van der Waals surface area contributed by atoms with Crippen molar-refractivity contribution in [3.8, 4) is 6.07 Å². The van der Waals surface area contributed by atoms with Crippen LogP contribution in [-0.4, -0.2) is 9.78 Å². The van der Waals surface area contributed by atoms with Gasteiger partial charge in [-0.1, -0.05) is 0 Å². The standard InChI is InChI=1S/C8H12N4/c1-5(4-9)12-7(3)8(10)6(2)11-12/h5H,10H2,1-3H3. The maximum absolute atomic E-state index is 8.66. The summed E-state index contributed by atoms with van der Waals surface area (Å²) < 4.78 is 1.64. The number of aromatic nitrogens is 2. The Morgan fingerprint density at radius 2 is 2.17 bits per heavy atom. The molecule has 0 aliphatic rings. The van der Waals surface area contributed by atoms with Crippen molar-refractivity contribution < 1.29 is 0 Å². The molecule has 1 aromatic heterocycles. The van der Waals surface area contributed by atoms with E-state index in [1.54, 1.807) is 11.6 Å². The molecule has 0 saturated heterocycles. The van der Waals surface area contributed by atoms with E-state index in [0.717, 1.165) is 11.4 Å². The second kappa shape index (κ2) is 2.86. The van der Waals surface area contributed by atoms with Crippen molar-refractivity contribution in [2.75, 3.05) is 5.73 Å². The second-order valence-electron chi connectivity index (χ2n) is 2.83. The average Bonchev–Trinajstić information content (AvgIpc) is 2.32. The molecule has 1 heterocycles. The molecule has 0 saturated carbocycles. The Morgan fingerprint density at radius 3 is 2.50 bits per heavy atom. The average molecular weight is 164 g/mol. The Labute approximate surface area is 71.6 Å². The third kappa shape index (κ3) is 1.14. The summed E-state index contributed by atoms with van der Waals surface area (Å²) in [5, 5.41) is 12.8. The number of rotatable bonds is 1. The molecule has 12 heavy (non-hydrogen) atoms. The van der Waals surface area contributed by atoms with Crippen LogP contribution in [0.1, 0.15) is 24.4 Å². The molecule has 64 valence electrons. The highest BCUT2D eigenvalue weighted by Crippen LogP contribution is 2.18. The minimum Gasteiger partial charge on any atom is -0.396 e. The number of nitrogen functional groups attached to an aromatic ring is 1. The smallest absolute Gasteiger partial charge is 0.136 e. The largest absolute Gasteiger partial charge is 0.396 e. The van der Waals surface area contributed by atoms with Crippen molar-refractivity contribution >= 4 is 5.69 Å². The predicted molar refractivity (Wildman–Crippen MR) is 46.4 cm³/mol. The summed E-state index contributed by atoms with van der Waals surface area (Å²) in [5.41, 5.74) is 8.03. The topological polar surface area (TPSA) is 67.6 Å². The van der Waals surface area contributed by atoms with Crippen molar-refractivity contribution in [1.82, 2.24) is 9.78 Å². The molecule has 4 heteroatoms. The maximum atomic E-state index is 8.66. The van der Waals surface area contributed by atoms with Crippen LogP contribution in [-0.2, 0) is 0 Å². The molecule has 0 fully saturated rings. The van der Waals surface area contributed by atoms with Crippen molar-refractivity contribution in [2.45, 2.75) is 26.8 Å². The van der Waals surface area contributed by atoms with Gasteiger partial charge in [-0.2, -0.15) is 10.4 Å². The summed E-state index contributed by atoms with van der Waals surface area (Å²) >= 11 is 0. The Balaban J connectivity index is 3.20. The van der Waals surface area contributed by atoms with E-state index in [1.165, 1.54) is 0 Å². The first kappa shape index (κ1) is 8.60. The predicted octanol–water partition coefficient (Wildman–Crippen LogP) is 1.17. The summed E-state index contributed by atoms with van der Waals surface area (Å²) in [4.78, 5) is 0. The molecule has 1 unspecified atom stereocenters. The Bertz CT molecular complexity index is 332. The lowest BCUT2D eigenvalue weighted by Crippen LogP contribution is -2.06. The van der Waals surface area contributed by atoms with E-state index in [1.807, 2.05) is 13.8 Å². The van der Waals surface area contributed by atoms with E-state index in [0.29, 0.717) is 5.69 Å². The van der Waals surface area contributed by atoms with E-state index >= 15 is 0 Å². The van der Waals surface area contributed by atoms with Crippen molar-refractivity contribution in [3.05, 3.63) is 11.4 Å². The van der Waals surface area contributed by atoms with Gasteiger partial charge in [0.05, 0.1) is 23.1 Å². The van der Waals surface area contributed by atoms with Gasteiger partial charge in [-0.15, -0.1) is 0 Å². The number of aryl methyl sites for hydroxylation is 1. The van der Waals surface area contributed by atoms with Gasteiger partial charge in [0, 0.05) is 0 Å². The van der Waals surface area contributed by atoms with Crippen LogP contribution in [0.5, 0.6) is 0 Å². The molecular weight excluding hydrogens is 152 g/mol. The first-order valence-electron chi connectivity index (χ1n) is 3.78. The molecule has 0 amide bonds. The Morgan fingerprint density at radius 1 is 1.58 bits per heavy atom. The van der Waals surface area contributed by atoms with Crippen LogP contribution in [0.3, 0.4) is 0 Å². The van der Waals surface area contributed by atoms with E-state index in [4.69, 9.17) is 11.0 Å². The molecule has 0 bridgehead atoms. The molecule has 0 aliphatic carbocycles. The first-order chi connectivity index (χ1) is 5.57. The third-order valence-corrected chi connectivity index (χ3v) is 1.93. The fourth-order valence-electron chi connectivity index (χ4n) is 1.11. The van der Waals surface area contributed by atoms with Gasteiger partial charge in [0.2, 0.25) is 0 Å². The number of nitriles is 1. The molecule has 1 rings (SSSR count). The van der Waals surface area contributed by atoms with Gasteiger partial charge >= 0.3 is 0 Å². The summed E-state index contributed by atoms with van der Waals surface area (Å²) in [5.74, 6) is 0. The monoisotopic (exact) mass is 164 g/mol. The summed E-state index contributed by atoms with van der Waals surface area (Å²) in [6, 6.07) is 1.86. The van der Waals surface area contributed by atoms with Crippen molar-refractivity contribution in [1.29, 1.82) is 5.26 Å². The van der Waals surface area contributed by atoms with Crippen LogP contribution in [0.15, 0.2) is 0 Å². The number of hydrogen-bond acceptors (Lipinski definition) is 3. The second-order valence-corrected chi connectivity index (χ2v) is 2.83. The molecule has 0 spiro atoms. The first-order valence-corrected chi connectivity index (χ1v) is 3.78. The summed E-state index contributed by atoms with van der Waals surface area (Å²) in [7, 11) is 0. The van der Waals surface area contributed by atoms with Gasteiger partial charge in [0.25, 0.3) is 0 Å². The fraction of sp³-hybridized carbons (Fsp3) is 0.500. The quantitative estimate of drug-likeness (QED) is 0.677. The van der Waals surface area contributed by atoms with Crippen LogP contribution in [0, 0.1) is 25.2 Å². The lowest BCUT2D eigenvalue weighted by Gasteiger charge is -2.04. The Kier molecular flexibility index (Phi) is 2.05. The zero-order valence-electron chi connectivity index (χ0n) is 7.50. The summed E-state index contributed by atoms with van der Waals surface area (Å²) in [6.45, 7) is 5.49. The zero-order valence-corrected chi connectivity index (χ0v) is 7.50. The highest BCUT2D eigenvalue weighted by atomic mass is 15.3. The van der Waals surface area contributed by atoms with Crippen LogP contribution in [0.25, 0.3) is 0 Å². The molecule has 2 N–H and O–H groups in total. The number of nitrogens with zero attached hydrogens (tertiary/aromatic N) is 3. The number of anilines is 1. The lowest BCUT2D eigenvalue weighted by molar-refractivity contribution is 0.571. The van der Waals surface area contributed by atoms with Crippen LogP contribution in [0.2, 0.25) is 0 Å². The maximum Gasteiger partial charge on any atom is 0.136 e. The SMILES string of the molecule is Cc1nn(C(C)C#N)c(C)c1N. The van der Waals surface area contributed by atoms with Gasteiger partial charge in [-0.25, -0.2) is 0 Å².